The van der Waals surface area contributed by atoms with Crippen molar-refractivity contribution in [3.05, 3.63) is 65.8 Å². The van der Waals surface area contributed by atoms with Crippen LogP contribution in [0, 0.1) is 0 Å². The topological polar surface area (TPSA) is 72.3 Å². The van der Waals surface area contributed by atoms with Crippen LogP contribution >= 0.6 is 23.2 Å². The van der Waals surface area contributed by atoms with E-state index in [0.717, 1.165) is 4.68 Å². The van der Waals surface area contributed by atoms with Gasteiger partial charge in [-0.3, -0.25) is 0 Å². The smallest absolute Gasteiger partial charge is 0.315 e. The summed E-state index contributed by atoms with van der Waals surface area (Å²) in [5, 5.41) is 3.97. The Morgan fingerprint density at radius 3 is 2.24 bits per heavy atom. The second-order valence-corrected chi connectivity index (χ2v) is 7.74. The third-order valence-electron chi connectivity index (χ3n) is 3.15. The molecule has 1 amide bonds. The zero-order valence-corrected chi connectivity index (χ0v) is 15.4. The maximum Gasteiger partial charge on any atom is 0.345 e. The number of hydrogen-bond donors (Lipinski definition) is 0. The lowest BCUT2D eigenvalue weighted by molar-refractivity contribution is 0.206. The number of aromatic nitrogens is 2. The monoisotopic (exact) mass is 399 g/mol. The number of amides is 1. The normalized spacial score (nSPS) is 11.1. The molecule has 1 aromatic heterocycles. The van der Waals surface area contributed by atoms with E-state index >= 15 is 0 Å². The van der Waals surface area contributed by atoms with Gasteiger partial charge < -0.3 is 4.90 Å². The van der Waals surface area contributed by atoms with Crippen LogP contribution in [0.1, 0.15) is 0 Å². The van der Waals surface area contributed by atoms with Crippen molar-refractivity contribution in [2.24, 2.45) is 0 Å². The first kappa shape index (κ1) is 19.2. The standard InChI is InChI=1S/C16H15Cl2N3O3S/c1-3-6-20(7-4-2)16(22)21-8-5-15(19-21)25(23,24)14-10-12(17)9-13(18)11-14/h3-5,8-11H,1-2,6-7H2. The van der Waals surface area contributed by atoms with Gasteiger partial charge in [-0.1, -0.05) is 35.4 Å². The van der Waals surface area contributed by atoms with Crippen LogP contribution in [0.4, 0.5) is 4.79 Å². The number of nitrogens with zero attached hydrogens (tertiary/aromatic N) is 3. The van der Waals surface area contributed by atoms with Gasteiger partial charge in [-0.25, -0.2) is 13.2 Å². The summed E-state index contributed by atoms with van der Waals surface area (Å²) in [5.74, 6) is 0. The third-order valence-corrected chi connectivity index (χ3v) is 5.21. The predicted molar refractivity (Wildman–Crippen MR) is 96.9 cm³/mol. The summed E-state index contributed by atoms with van der Waals surface area (Å²) < 4.78 is 26.2. The Labute approximate surface area is 155 Å². The van der Waals surface area contributed by atoms with Crippen molar-refractivity contribution in [1.29, 1.82) is 0 Å². The van der Waals surface area contributed by atoms with Crippen LogP contribution in [-0.2, 0) is 9.84 Å². The number of rotatable bonds is 6. The van der Waals surface area contributed by atoms with Crippen molar-refractivity contribution in [2.45, 2.75) is 9.92 Å². The Hall–Kier alpha value is -2.09. The first-order chi connectivity index (χ1) is 11.8. The van der Waals surface area contributed by atoms with Crippen LogP contribution in [0.5, 0.6) is 0 Å². The molecule has 1 aromatic carbocycles. The van der Waals surface area contributed by atoms with Crippen molar-refractivity contribution in [3.8, 4) is 0 Å². The number of carbonyl (C=O) groups is 1. The molecule has 0 aliphatic carbocycles. The molecule has 0 saturated heterocycles. The first-order valence-electron chi connectivity index (χ1n) is 7.07. The highest BCUT2D eigenvalue weighted by molar-refractivity contribution is 7.91. The second-order valence-electron chi connectivity index (χ2n) is 4.97. The Kier molecular flexibility index (Phi) is 6.05. The van der Waals surface area contributed by atoms with Crippen LogP contribution in [0.2, 0.25) is 10.0 Å². The summed E-state index contributed by atoms with van der Waals surface area (Å²) in [6.45, 7) is 7.71. The van der Waals surface area contributed by atoms with E-state index < -0.39 is 15.9 Å². The van der Waals surface area contributed by atoms with E-state index in [-0.39, 0.29) is 33.1 Å². The fourth-order valence-electron chi connectivity index (χ4n) is 2.05. The van der Waals surface area contributed by atoms with E-state index in [1.165, 1.54) is 35.4 Å². The molecule has 9 heteroatoms. The Bertz CT molecular complexity index is 892. The number of carbonyl (C=O) groups excluding carboxylic acids is 1. The van der Waals surface area contributed by atoms with Crippen LogP contribution < -0.4 is 0 Å². The molecule has 0 spiro atoms. The molecule has 0 radical (unpaired) electrons. The minimum Gasteiger partial charge on any atom is -0.315 e. The summed E-state index contributed by atoms with van der Waals surface area (Å²) in [6.07, 6.45) is 4.38. The fraction of sp³-hybridized carbons (Fsp3) is 0.125. The van der Waals surface area contributed by atoms with Crippen LogP contribution in [0.15, 0.2) is 65.7 Å². The molecule has 0 saturated carbocycles. The Balaban J connectivity index is 2.38. The Morgan fingerprint density at radius 1 is 1.16 bits per heavy atom. The lowest BCUT2D eigenvalue weighted by Gasteiger charge is -2.18. The summed E-state index contributed by atoms with van der Waals surface area (Å²) in [6, 6.07) is 4.70. The molecule has 0 fully saturated rings. The highest BCUT2D eigenvalue weighted by atomic mass is 35.5. The highest BCUT2D eigenvalue weighted by Gasteiger charge is 2.24. The van der Waals surface area contributed by atoms with Crippen LogP contribution in [-0.4, -0.2) is 42.2 Å². The molecule has 0 aliphatic heterocycles. The van der Waals surface area contributed by atoms with E-state index in [0.29, 0.717) is 0 Å². The number of hydrogen-bond acceptors (Lipinski definition) is 4. The van der Waals surface area contributed by atoms with Gasteiger partial charge in [-0.05, 0) is 24.3 Å². The van der Waals surface area contributed by atoms with E-state index in [9.17, 15) is 13.2 Å². The molecular weight excluding hydrogens is 385 g/mol. The van der Waals surface area contributed by atoms with E-state index in [1.807, 2.05) is 0 Å². The average Bonchev–Trinajstić information content (AvgIpc) is 3.04. The number of benzene rings is 1. The minimum absolute atomic E-state index is 0.100. The predicted octanol–water partition coefficient (Wildman–Crippen LogP) is 3.66. The fourth-order valence-corrected chi connectivity index (χ4v) is 3.95. The maximum atomic E-state index is 12.6. The van der Waals surface area contributed by atoms with Crippen LogP contribution in [0.3, 0.4) is 0 Å². The molecule has 6 nitrogen and oxygen atoms in total. The molecule has 0 aliphatic rings. The molecular formula is C16H15Cl2N3O3S. The van der Waals surface area contributed by atoms with Gasteiger partial charge in [0.15, 0.2) is 5.03 Å². The largest absolute Gasteiger partial charge is 0.345 e. The van der Waals surface area contributed by atoms with Gasteiger partial charge in [0.1, 0.15) is 0 Å². The molecule has 0 N–H and O–H groups in total. The second kappa shape index (κ2) is 7.86. The van der Waals surface area contributed by atoms with Crippen molar-refractivity contribution in [3.63, 3.8) is 0 Å². The highest BCUT2D eigenvalue weighted by Crippen LogP contribution is 2.26. The zero-order chi connectivity index (χ0) is 18.6. The van der Waals surface area contributed by atoms with Gasteiger partial charge in [-0.15, -0.1) is 13.2 Å². The lowest BCUT2D eigenvalue weighted by Crippen LogP contribution is -2.35. The van der Waals surface area contributed by atoms with Gasteiger partial charge in [0.05, 0.1) is 4.90 Å². The third kappa shape index (κ3) is 4.31. The summed E-state index contributed by atoms with van der Waals surface area (Å²) in [4.78, 5) is 13.7. The molecule has 2 aromatic rings. The van der Waals surface area contributed by atoms with E-state index in [1.54, 1.807) is 12.2 Å². The van der Waals surface area contributed by atoms with Crippen molar-refractivity contribution in [1.82, 2.24) is 14.7 Å². The van der Waals surface area contributed by atoms with Crippen molar-refractivity contribution >= 4 is 39.1 Å². The van der Waals surface area contributed by atoms with E-state index in [2.05, 4.69) is 18.3 Å². The van der Waals surface area contributed by atoms with Gasteiger partial charge in [0, 0.05) is 29.3 Å². The molecule has 132 valence electrons. The number of sulfone groups is 1. The minimum atomic E-state index is -3.96. The molecule has 0 atom stereocenters. The molecule has 1 heterocycles. The SMILES string of the molecule is C=CCN(CC=C)C(=O)n1ccc(S(=O)(=O)c2cc(Cl)cc(Cl)c2)n1. The molecule has 0 unspecified atom stereocenters. The van der Waals surface area contributed by atoms with Crippen LogP contribution in [0.25, 0.3) is 0 Å². The van der Waals surface area contributed by atoms with Gasteiger partial charge >= 0.3 is 6.03 Å². The molecule has 2 rings (SSSR count). The summed E-state index contributed by atoms with van der Waals surface area (Å²) >= 11 is 11.7. The summed E-state index contributed by atoms with van der Waals surface area (Å²) in [7, 11) is -3.96. The first-order valence-corrected chi connectivity index (χ1v) is 9.31. The van der Waals surface area contributed by atoms with Gasteiger partial charge in [-0.2, -0.15) is 9.78 Å². The maximum absolute atomic E-state index is 12.6. The molecule has 0 bridgehead atoms. The molecule has 25 heavy (non-hydrogen) atoms. The quantitative estimate of drug-likeness (QED) is 0.694. The van der Waals surface area contributed by atoms with Crippen molar-refractivity contribution in [2.75, 3.05) is 13.1 Å². The van der Waals surface area contributed by atoms with Crippen molar-refractivity contribution < 1.29 is 13.2 Å². The number of halogens is 2. The Morgan fingerprint density at radius 2 is 1.72 bits per heavy atom. The summed E-state index contributed by atoms with van der Waals surface area (Å²) in [5.41, 5.74) is 0. The zero-order valence-electron chi connectivity index (χ0n) is 13.1. The average molecular weight is 400 g/mol. The van der Waals surface area contributed by atoms with Gasteiger partial charge in [0.2, 0.25) is 9.84 Å². The van der Waals surface area contributed by atoms with Gasteiger partial charge in [0.25, 0.3) is 0 Å². The van der Waals surface area contributed by atoms with E-state index in [4.69, 9.17) is 23.2 Å². The lowest BCUT2D eigenvalue weighted by atomic mass is 10.4.